The molecule has 1 aliphatic heterocycles. The van der Waals surface area contributed by atoms with Crippen LogP contribution < -0.4 is 0 Å². The van der Waals surface area contributed by atoms with Gasteiger partial charge in [-0.25, -0.2) is 8.42 Å². The summed E-state index contributed by atoms with van der Waals surface area (Å²) in [6.07, 6.45) is 1.64. The number of methoxy groups -OCH3 is 1. The molecule has 0 aromatic rings. The van der Waals surface area contributed by atoms with Crippen molar-refractivity contribution in [2.24, 2.45) is 5.41 Å². The van der Waals surface area contributed by atoms with Gasteiger partial charge in [0.2, 0.25) is 9.05 Å². The highest BCUT2D eigenvalue weighted by Crippen LogP contribution is 2.31. The second kappa shape index (κ2) is 4.79. The fourth-order valence-corrected chi connectivity index (χ4v) is 3.59. The molecule has 14 heavy (non-hydrogen) atoms. The van der Waals surface area contributed by atoms with E-state index in [1.165, 1.54) is 0 Å². The molecular weight excluding hydrogens is 228 g/mol. The van der Waals surface area contributed by atoms with Gasteiger partial charge in [0, 0.05) is 29.8 Å². The highest BCUT2D eigenvalue weighted by atomic mass is 35.7. The van der Waals surface area contributed by atoms with Gasteiger partial charge in [0.25, 0.3) is 0 Å². The highest BCUT2D eigenvalue weighted by Gasteiger charge is 2.37. The molecule has 1 unspecified atom stereocenters. The van der Waals surface area contributed by atoms with E-state index >= 15 is 0 Å². The van der Waals surface area contributed by atoms with Crippen LogP contribution in [-0.4, -0.2) is 41.1 Å². The van der Waals surface area contributed by atoms with Crippen LogP contribution in [0.5, 0.6) is 0 Å². The molecule has 6 heteroatoms. The molecule has 1 aliphatic rings. The topological polar surface area (TPSA) is 52.6 Å². The third-order valence-electron chi connectivity index (χ3n) is 2.33. The van der Waals surface area contributed by atoms with Gasteiger partial charge in [-0.1, -0.05) is 0 Å². The number of hydrogen-bond donors (Lipinski definition) is 0. The molecule has 0 amide bonds. The Balaban J connectivity index is 2.70. The third-order valence-corrected chi connectivity index (χ3v) is 3.62. The zero-order chi connectivity index (χ0) is 10.7. The van der Waals surface area contributed by atoms with Gasteiger partial charge in [-0.3, -0.25) is 0 Å². The first-order valence-electron chi connectivity index (χ1n) is 4.46. The van der Waals surface area contributed by atoms with Gasteiger partial charge in [-0.2, -0.15) is 0 Å². The zero-order valence-corrected chi connectivity index (χ0v) is 9.73. The predicted octanol–water partition coefficient (Wildman–Crippen LogP) is 0.998. The van der Waals surface area contributed by atoms with Gasteiger partial charge >= 0.3 is 0 Å². The summed E-state index contributed by atoms with van der Waals surface area (Å²) >= 11 is 0. The Morgan fingerprint density at radius 2 is 2.29 bits per heavy atom. The summed E-state index contributed by atoms with van der Waals surface area (Å²) in [5, 5.41) is 0. The molecule has 1 atom stereocenters. The van der Waals surface area contributed by atoms with Crippen molar-refractivity contribution in [3.05, 3.63) is 0 Å². The molecule has 0 saturated carbocycles. The minimum absolute atomic E-state index is 0.0740. The van der Waals surface area contributed by atoms with E-state index in [-0.39, 0.29) is 5.75 Å². The van der Waals surface area contributed by atoms with Crippen molar-refractivity contribution in [1.82, 2.24) is 0 Å². The van der Waals surface area contributed by atoms with E-state index in [4.69, 9.17) is 20.2 Å². The van der Waals surface area contributed by atoms with Crippen molar-refractivity contribution >= 4 is 19.7 Å². The van der Waals surface area contributed by atoms with Crippen LogP contribution in [0, 0.1) is 5.41 Å². The largest absolute Gasteiger partial charge is 0.384 e. The molecule has 0 N–H and O–H groups in total. The summed E-state index contributed by atoms with van der Waals surface area (Å²) in [5.41, 5.74) is -0.451. The number of hydrogen-bond acceptors (Lipinski definition) is 4. The van der Waals surface area contributed by atoms with Crippen molar-refractivity contribution in [3.63, 3.8) is 0 Å². The SMILES string of the molecule is COCC1(CS(=O)(=O)Cl)CCCOC1. The van der Waals surface area contributed by atoms with Crippen LogP contribution in [-0.2, 0) is 18.5 Å². The Bertz CT molecular complexity index is 264. The molecule has 4 nitrogen and oxygen atoms in total. The Morgan fingerprint density at radius 3 is 2.71 bits per heavy atom. The van der Waals surface area contributed by atoms with Crippen molar-refractivity contribution in [2.45, 2.75) is 12.8 Å². The lowest BCUT2D eigenvalue weighted by atomic mass is 9.85. The smallest absolute Gasteiger partial charge is 0.233 e. The van der Waals surface area contributed by atoms with Crippen LogP contribution in [0.2, 0.25) is 0 Å². The minimum atomic E-state index is -3.49. The Hall–Kier alpha value is 0.160. The minimum Gasteiger partial charge on any atom is -0.384 e. The number of ether oxygens (including phenoxy) is 2. The average Bonchev–Trinajstić information content (AvgIpc) is 2.02. The van der Waals surface area contributed by atoms with Crippen molar-refractivity contribution in [3.8, 4) is 0 Å². The normalized spacial score (nSPS) is 29.0. The molecule has 1 rings (SSSR count). The summed E-state index contributed by atoms with van der Waals surface area (Å²) in [6.45, 7) is 1.47. The lowest BCUT2D eigenvalue weighted by Crippen LogP contribution is -2.40. The maximum atomic E-state index is 11.0. The van der Waals surface area contributed by atoms with Gasteiger partial charge in [0.1, 0.15) is 0 Å². The van der Waals surface area contributed by atoms with E-state index in [1.54, 1.807) is 7.11 Å². The molecule has 0 aliphatic carbocycles. The van der Waals surface area contributed by atoms with Crippen molar-refractivity contribution < 1.29 is 17.9 Å². The van der Waals surface area contributed by atoms with Gasteiger partial charge in [0.05, 0.1) is 19.0 Å². The lowest BCUT2D eigenvalue weighted by Gasteiger charge is -2.35. The van der Waals surface area contributed by atoms with E-state index in [0.29, 0.717) is 19.8 Å². The maximum Gasteiger partial charge on any atom is 0.233 e. The van der Waals surface area contributed by atoms with Gasteiger partial charge in [-0.15, -0.1) is 0 Å². The zero-order valence-electron chi connectivity index (χ0n) is 8.16. The highest BCUT2D eigenvalue weighted by molar-refractivity contribution is 8.13. The molecule has 0 aromatic carbocycles. The second-order valence-electron chi connectivity index (χ2n) is 3.77. The average molecular weight is 243 g/mol. The summed E-state index contributed by atoms with van der Waals surface area (Å²) in [5.74, 6) is -0.0740. The molecule has 0 aromatic heterocycles. The monoisotopic (exact) mass is 242 g/mol. The molecule has 0 bridgehead atoms. The molecule has 0 radical (unpaired) electrons. The van der Waals surface area contributed by atoms with E-state index in [2.05, 4.69) is 0 Å². The second-order valence-corrected chi connectivity index (χ2v) is 6.55. The maximum absolute atomic E-state index is 11.0. The van der Waals surface area contributed by atoms with Crippen molar-refractivity contribution in [1.29, 1.82) is 0 Å². The van der Waals surface area contributed by atoms with E-state index < -0.39 is 14.5 Å². The predicted molar refractivity (Wildman–Crippen MR) is 54.0 cm³/mol. The van der Waals surface area contributed by atoms with Gasteiger partial charge in [-0.05, 0) is 12.8 Å². The summed E-state index contributed by atoms with van der Waals surface area (Å²) in [6, 6.07) is 0. The first-order valence-corrected chi connectivity index (χ1v) is 6.94. The lowest BCUT2D eigenvalue weighted by molar-refractivity contribution is -0.0359. The summed E-state index contributed by atoms with van der Waals surface area (Å²) < 4.78 is 32.4. The Labute approximate surface area is 88.9 Å². The first-order chi connectivity index (χ1) is 6.47. The molecule has 1 saturated heterocycles. The molecule has 1 heterocycles. The van der Waals surface area contributed by atoms with Gasteiger partial charge < -0.3 is 9.47 Å². The van der Waals surface area contributed by atoms with Crippen LogP contribution in [0.4, 0.5) is 0 Å². The molecular formula is C8H15ClO4S. The van der Waals surface area contributed by atoms with Crippen LogP contribution in [0.1, 0.15) is 12.8 Å². The summed E-state index contributed by atoms with van der Waals surface area (Å²) in [7, 11) is 3.31. The Morgan fingerprint density at radius 1 is 1.57 bits per heavy atom. The van der Waals surface area contributed by atoms with Gasteiger partial charge in [0.15, 0.2) is 0 Å². The fraction of sp³-hybridized carbons (Fsp3) is 1.00. The number of halogens is 1. The van der Waals surface area contributed by atoms with Crippen LogP contribution >= 0.6 is 10.7 Å². The van der Waals surface area contributed by atoms with Crippen LogP contribution in [0.3, 0.4) is 0 Å². The van der Waals surface area contributed by atoms with Crippen molar-refractivity contribution in [2.75, 3.05) is 32.7 Å². The third kappa shape index (κ3) is 3.73. The standard InChI is InChI=1S/C8H15ClO4S/c1-12-5-8(7-14(9,10)11)3-2-4-13-6-8/h2-7H2,1H3. The number of rotatable bonds is 4. The van der Waals surface area contributed by atoms with E-state index in [1.807, 2.05) is 0 Å². The molecule has 84 valence electrons. The summed E-state index contributed by atoms with van der Waals surface area (Å²) in [4.78, 5) is 0. The molecule has 0 spiro atoms. The quantitative estimate of drug-likeness (QED) is 0.691. The fourth-order valence-electron chi connectivity index (χ4n) is 1.85. The molecule has 1 fully saturated rings. The van der Waals surface area contributed by atoms with E-state index in [0.717, 1.165) is 12.8 Å². The first kappa shape index (κ1) is 12.2. The Kier molecular flexibility index (Phi) is 4.18. The van der Waals surface area contributed by atoms with E-state index in [9.17, 15) is 8.42 Å². The van der Waals surface area contributed by atoms with Crippen LogP contribution in [0.15, 0.2) is 0 Å². The van der Waals surface area contributed by atoms with Crippen LogP contribution in [0.25, 0.3) is 0 Å².